The summed E-state index contributed by atoms with van der Waals surface area (Å²) >= 11 is 0. The number of carbonyl (C=O) groups excluding carboxylic acids is 2. The van der Waals surface area contributed by atoms with Crippen molar-refractivity contribution in [3.8, 4) is 0 Å². The molecule has 0 unspecified atom stereocenters. The molecule has 2 aromatic carbocycles. The first-order valence-electron chi connectivity index (χ1n) is 12.2. The molecule has 3 heterocycles. The van der Waals surface area contributed by atoms with Crippen molar-refractivity contribution in [1.29, 1.82) is 0 Å². The zero-order chi connectivity index (χ0) is 23.8. The van der Waals surface area contributed by atoms with Gasteiger partial charge in [0.2, 0.25) is 11.8 Å². The minimum atomic E-state index is -0.231. The monoisotopic (exact) mass is 465 g/mol. The first kappa shape index (κ1) is 23.0. The summed E-state index contributed by atoms with van der Waals surface area (Å²) < 4.78 is 20.1. The van der Waals surface area contributed by atoms with Crippen molar-refractivity contribution < 1.29 is 18.7 Å². The lowest BCUT2D eigenvalue weighted by atomic mass is 9.74. The average Bonchev–Trinajstić information content (AvgIpc) is 2.83. The van der Waals surface area contributed by atoms with Gasteiger partial charge in [-0.1, -0.05) is 38.1 Å². The Morgan fingerprint density at radius 3 is 2.71 bits per heavy atom. The van der Waals surface area contributed by atoms with Crippen molar-refractivity contribution in [1.82, 2.24) is 4.90 Å². The van der Waals surface area contributed by atoms with Crippen LogP contribution in [0.5, 0.6) is 0 Å². The summed E-state index contributed by atoms with van der Waals surface area (Å²) in [6.45, 7) is 6.35. The van der Waals surface area contributed by atoms with Crippen LogP contribution >= 0.6 is 0 Å². The average molecular weight is 466 g/mol. The van der Waals surface area contributed by atoms with E-state index < -0.39 is 0 Å². The van der Waals surface area contributed by atoms with Gasteiger partial charge in [-0.2, -0.15) is 0 Å². The fourth-order valence-electron chi connectivity index (χ4n) is 5.73. The molecule has 1 N–H and O–H groups in total. The molecule has 7 heteroatoms. The molecule has 6 nitrogen and oxygen atoms in total. The normalized spacial score (nSPS) is 27.2. The summed E-state index contributed by atoms with van der Waals surface area (Å²) in [6, 6.07) is 14.1. The molecular formula is C27H32FN3O3. The van der Waals surface area contributed by atoms with E-state index in [1.54, 1.807) is 4.90 Å². The van der Waals surface area contributed by atoms with Crippen LogP contribution in [0.25, 0.3) is 0 Å². The number of para-hydroxylation sites is 2. The molecule has 0 spiro atoms. The van der Waals surface area contributed by atoms with Crippen LogP contribution in [0.3, 0.4) is 0 Å². The number of amides is 2. The Hall–Kier alpha value is -2.77. The van der Waals surface area contributed by atoms with E-state index in [0.717, 1.165) is 37.2 Å². The summed E-state index contributed by atoms with van der Waals surface area (Å²) in [5.74, 6) is 0.657. The van der Waals surface area contributed by atoms with Crippen molar-refractivity contribution in [2.75, 3.05) is 36.4 Å². The highest BCUT2D eigenvalue weighted by molar-refractivity contribution is 6.10. The van der Waals surface area contributed by atoms with Crippen LogP contribution in [0.15, 0.2) is 48.5 Å². The minimum absolute atomic E-state index is 0.0293. The summed E-state index contributed by atoms with van der Waals surface area (Å²) in [6.07, 6.45) is 1.98. The fourth-order valence-corrected chi connectivity index (χ4v) is 5.73. The van der Waals surface area contributed by atoms with E-state index in [4.69, 9.17) is 4.74 Å². The topological polar surface area (TPSA) is 61.9 Å². The number of nitrogens with one attached hydrogen (secondary N) is 1. The Balaban J connectivity index is 1.26. The number of carbonyl (C=O) groups is 2. The summed E-state index contributed by atoms with van der Waals surface area (Å²) in [7, 11) is 0. The third kappa shape index (κ3) is 4.59. The van der Waals surface area contributed by atoms with E-state index >= 15 is 0 Å². The van der Waals surface area contributed by atoms with Crippen LogP contribution in [-0.4, -0.2) is 49.0 Å². The highest BCUT2D eigenvalue weighted by Crippen LogP contribution is 2.45. The number of fused-ring (bicyclic) bond motifs is 2. The second kappa shape index (κ2) is 9.47. The van der Waals surface area contributed by atoms with Gasteiger partial charge in [0.15, 0.2) is 0 Å². The van der Waals surface area contributed by atoms with Crippen molar-refractivity contribution in [3.05, 3.63) is 59.9 Å². The van der Waals surface area contributed by atoms with Gasteiger partial charge >= 0.3 is 0 Å². The van der Waals surface area contributed by atoms with Gasteiger partial charge in [-0.05, 0) is 60.4 Å². The Morgan fingerprint density at radius 1 is 1.18 bits per heavy atom. The van der Waals surface area contributed by atoms with Crippen molar-refractivity contribution in [2.24, 2.45) is 17.8 Å². The maximum absolute atomic E-state index is 13.5. The van der Waals surface area contributed by atoms with Crippen LogP contribution < -0.4 is 10.2 Å². The van der Waals surface area contributed by atoms with E-state index in [-0.39, 0.29) is 36.4 Å². The van der Waals surface area contributed by atoms with Gasteiger partial charge in [-0.25, -0.2) is 4.39 Å². The van der Waals surface area contributed by atoms with Gasteiger partial charge in [-0.3, -0.25) is 19.4 Å². The molecule has 34 heavy (non-hydrogen) atoms. The van der Waals surface area contributed by atoms with Crippen molar-refractivity contribution in [3.63, 3.8) is 0 Å². The smallest absolute Gasteiger partial charge is 0.244 e. The van der Waals surface area contributed by atoms with E-state index in [1.165, 1.54) is 12.1 Å². The fraction of sp³-hybridized carbons (Fsp3) is 0.481. The second-order valence-electron chi connectivity index (χ2n) is 10.1. The van der Waals surface area contributed by atoms with Crippen molar-refractivity contribution >= 4 is 23.2 Å². The van der Waals surface area contributed by atoms with Gasteiger partial charge in [0.25, 0.3) is 0 Å². The number of benzene rings is 2. The van der Waals surface area contributed by atoms with Crippen LogP contribution in [-0.2, 0) is 14.3 Å². The molecule has 3 aliphatic rings. The molecule has 0 bridgehead atoms. The Labute approximate surface area is 200 Å². The number of rotatable bonds is 4. The third-order valence-corrected chi connectivity index (χ3v) is 7.52. The number of hydrogen-bond donors (Lipinski definition) is 1. The van der Waals surface area contributed by atoms with Gasteiger partial charge in [0.1, 0.15) is 12.4 Å². The van der Waals surface area contributed by atoms with E-state index in [2.05, 4.69) is 24.1 Å². The van der Waals surface area contributed by atoms with E-state index in [0.29, 0.717) is 30.0 Å². The number of halogens is 1. The van der Waals surface area contributed by atoms with Gasteiger partial charge in [-0.15, -0.1) is 0 Å². The third-order valence-electron chi connectivity index (χ3n) is 7.52. The van der Waals surface area contributed by atoms with E-state index in [9.17, 15) is 14.0 Å². The molecule has 2 saturated heterocycles. The quantitative estimate of drug-likeness (QED) is 0.734. The lowest BCUT2D eigenvalue weighted by molar-refractivity contribution is -0.152. The predicted octanol–water partition coefficient (Wildman–Crippen LogP) is 4.24. The number of ether oxygens (including phenoxy) is 1. The van der Waals surface area contributed by atoms with Gasteiger partial charge in [0.05, 0.1) is 30.1 Å². The van der Waals surface area contributed by atoms with E-state index in [1.807, 2.05) is 36.4 Å². The van der Waals surface area contributed by atoms with Gasteiger partial charge in [0, 0.05) is 13.1 Å². The van der Waals surface area contributed by atoms with Crippen molar-refractivity contribution in [2.45, 2.75) is 38.9 Å². The van der Waals surface area contributed by atoms with Crippen LogP contribution in [0.2, 0.25) is 0 Å². The minimum Gasteiger partial charge on any atom is -0.370 e. The molecule has 0 aliphatic carbocycles. The zero-order valence-corrected chi connectivity index (χ0v) is 19.7. The summed E-state index contributed by atoms with van der Waals surface area (Å²) in [5.41, 5.74) is 2.47. The molecule has 180 valence electrons. The lowest BCUT2D eigenvalue weighted by Crippen LogP contribution is -2.53. The first-order valence-corrected chi connectivity index (χ1v) is 12.2. The maximum Gasteiger partial charge on any atom is 0.244 e. The molecule has 0 saturated carbocycles. The number of likely N-dealkylation sites (tertiary alicyclic amines) is 1. The molecule has 5 rings (SSSR count). The highest BCUT2D eigenvalue weighted by Gasteiger charge is 2.43. The largest absolute Gasteiger partial charge is 0.370 e. The van der Waals surface area contributed by atoms with Crippen LogP contribution in [0.4, 0.5) is 15.8 Å². The summed E-state index contributed by atoms with van der Waals surface area (Å²) in [4.78, 5) is 29.1. The standard InChI is InChI=1S/C27H32FN3O3/c1-17(2)21-13-19-14-30(12-11-24(19)34-27(21)18-7-9-20(28)10-8-18)16-26(33)31-15-25(32)29-22-5-3-4-6-23(22)31/h3-10,17,19,21,24,27H,11-16H2,1-2H3,(H,29,32)/t19-,21-,24+,27-/m1/s1. The molecule has 3 aliphatic heterocycles. The highest BCUT2D eigenvalue weighted by atomic mass is 19.1. The van der Waals surface area contributed by atoms with Crippen LogP contribution in [0, 0.1) is 23.6 Å². The number of hydrogen-bond acceptors (Lipinski definition) is 4. The summed E-state index contributed by atoms with van der Waals surface area (Å²) in [5, 5.41) is 2.84. The number of piperidine rings is 1. The molecule has 4 atom stereocenters. The SMILES string of the molecule is CC(C)[C@H]1C[C@@H]2CN(CC(=O)N3CC(=O)Nc4ccccc43)CC[C@@H]2O[C@@H]1c1ccc(F)cc1. The van der Waals surface area contributed by atoms with Crippen LogP contribution in [0.1, 0.15) is 38.4 Å². The molecule has 2 fully saturated rings. The Bertz CT molecular complexity index is 1060. The van der Waals surface area contributed by atoms with Gasteiger partial charge < -0.3 is 10.1 Å². The Morgan fingerprint density at radius 2 is 1.94 bits per heavy atom. The zero-order valence-electron chi connectivity index (χ0n) is 19.7. The number of nitrogens with zero attached hydrogens (tertiary/aromatic N) is 2. The second-order valence-corrected chi connectivity index (χ2v) is 10.1. The molecule has 2 amide bonds. The first-order chi connectivity index (χ1) is 16.4. The molecular weight excluding hydrogens is 433 g/mol. The lowest BCUT2D eigenvalue weighted by Gasteiger charge is -2.48. The predicted molar refractivity (Wildman–Crippen MR) is 129 cm³/mol. The number of anilines is 2. The molecule has 0 aromatic heterocycles. The molecule has 0 radical (unpaired) electrons. The maximum atomic E-state index is 13.5. The molecule has 2 aromatic rings. The Kier molecular flexibility index (Phi) is 6.40.